The number of sulfone groups is 1. The number of rotatable bonds is 5. The normalized spacial score (nSPS) is 23.3. The Morgan fingerprint density at radius 1 is 1.35 bits per heavy atom. The van der Waals surface area contributed by atoms with Crippen LogP contribution in [0.3, 0.4) is 0 Å². The number of amides is 1. The molecule has 1 amide bonds. The van der Waals surface area contributed by atoms with Gasteiger partial charge in [0.05, 0.1) is 17.0 Å². The predicted octanol–water partition coefficient (Wildman–Crippen LogP) is 1.99. The molecule has 1 aromatic carbocycles. The Kier molecular flexibility index (Phi) is 5.03. The van der Waals surface area contributed by atoms with Crippen molar-refractivity contribution in [1.29, 1.82) is 0 Å². The number of alkyl halides is 2. The number of benzene rings is 1. The molecule has 0 aliphatic carbocycles. The molecule has 1 heterocycles. The Hall–Kier alpha value is -1.96. The van der Waals surface area contributed by atoms with E-state index in [2.05, 4.69) is 10.1 Å². The van der Waals surface area contributed by atoms with E-state index in [1.807, 2.05) is 0 Å². The fraction of sp³-hybridized carbons (Fsp3) is 0.400. The molecule has 1 N–H and O–H groups in total. The molecular weight excluding hydrogens is 328 g/mol. The third-order valence-corrected chi connectivity index (χ3v) is 5.36. The number of hydrogen-bond donors (Lipinski definition) is 1. The highest BCUT2D eigenvalue weighted by atomic mass is 32.2. The summed E-state index contributed by atoms with van der Waals surface area (Å²) in [6.45, 7) is -1.19. The van der Waals surface area contributed by atoms with E-state index in [4.69, 9.17) is 0 Å². The molecule has 0 saturated carbocycles. The summed E-state index contributed by atoms with van der Waals surface area (Å²) < 4.78 is 51.2. The molecule has 1 atom stereocenters. The summed E-state index contributed by atoms with van der Waals surface area (Å²) in [6.07, 6.45) is 3.17. The van der Waals surface area contributed by atoms with Gasteiger partial charge in [-0.1, -0.05) is 12.1 Å². The predicted molar refractivity (Wildman–Crippen MR) is 81.9 cm³/mol. The zero-order chi connectivity index (χ0) is 17.1. The molecule has 1 aliphatic rings. The van der Waals surface area contributed by atoms with Crippen LogP contribution in [-0.2, 0) is 14.6 Å². The average Bonchev–Trinajstić information content (AvgIpc) is 2.71. The van der Waals surface area contributed by atoms with E-state index in [1.165, 1.54) is 36.4 Å². The standard InChI is InChI=1S/C15H17F2NO4S/c1-15(8-9-23(20,21)10-15)18-13(19)7-4-11-2-5-12(6-3-11)22-14(16)17/h2-7,14H,8-10H2,1H3,(H,18,19)/b7-4+. The summed E-state index contributed by atoms with van der Waals surface area (Å²) in [5, 5.41) is 2.69. The maximum absolute atomic E-state index is 12.0. The van der Waals surface area contributed by atoms with Gasteiger partial charge < -0.3 is 10.1 Å². The topological polar surface area (TPSA) is 72.5 Å². The second kappa shape index (κ2) is 6.66. The van der Waals surface area contributed by atoms with Crippen molar-refractivity contribution in [2.45, 2.75) is 25.5 Å². The summed E-state index contributed by atoms with van der Waals surface area (Å²) in [5.41, 5.74) is -0.124. The minimum Gasteiger partial charge on any atom is -0.435 e. The summed E-state index contributed by atoms with van der Waals surface area (Å²) in [7, 11) is -3.10. The number of carbonyl (C=O) groups is 1. The minimum atomic E-state index is -3.10. The second-order valence-corrected chi connectivity index (χ2v) is 7.86. The molecule has 0 aromatic heterocycles. The third kappa shape index (κ3) is 5.31. The Morgan fingerprint density at radius 2 is 2.00 bits per heavy atom. The first-order valence-electron chi connectivity index (χ1n) is 6.93. The highest BCUT2D eigenvalue weighted by Gasteiger charge is 2.38. The zero-order valence-corrected chi connectivity index (χ0v) is 13.3. The molecule has 126 valence electrons. The SMILES string of the molecule is CC1(NC(=O)/C=C/c2ccc(OC(F)F)cc2)CCS(=O)(=O)C1. The molecule has 1 unspecified atom stereocenters. The zero-order valence-electron chi connectivity index (χ0n) is 12.5. The van der Waals surface area contributed by atoms with Crippen molar-refractivity contribution < 1.29 is 26.7 Å². The molecule has 1 aromatic rings. The first kappa shape index (κ1) is 17.4. The van der Waals surface area contributed by atoms with Crippen molar-refractivity contribution in [1.82, 2.24) is 5.32 Å². The van der Waals surface area contributed by atoms with E-state index in [9.17, 15) is 22.0 Å². The van der Waals surface area contributed by atoms with Crippen LogP contribution in [0.2, 0.25) is 0 Å². The molecule has 1 aliphatic heterocycles. The van der Waals surface area contributed by atoms with Crippen molar-refractivity contribution >= 4 is 21.8 Å². The molecule has 8 heteroatoms. The van der Waals surface area contributed by atoms with Crippen molar-refractivity contribution in [2.75, 3.05) is 11.5 Å². The Labute approximate surface area is 133 Å². The first-order valence-corrected chi connectivity index (χ1v) is 8.75. The Morgan fingerprint density at radius 3 is 2.52 bits per heavy atom. The lowest BCUT2D eigenvalue weighted by Gasteiger charge is -2.22. The van der Waals surface area contributed by atoms with Gasteiger partial charge in [0.15, 0.2) is 9.84 Å². The lowest BCUT2D eigenvalue weighted by Crippen LogP contribution is -2.46. The third-order valence-electron chi connectivity index (χ3n) is 3.46. The fourth-order valence-electron chi connectivity index (χ4n) is 2.38. The molecule has 1 saturated heterocycles. The monoisotopic (exact) mass is 345 g/mol. The molecule has 1 fully saturated rings. The van der Waals surface area contributed by atoms with Gasteiger partial charge >= 0.3 is 6.61 Å². The van der Waals surface area contributed by atoms with Gasteiger partial charge in [-0.25, -0.2) is 8.42 Å². The van der Waals surface area contributed by atoms with Crippen LogP contribution < -0.4 is 10.1 Å². The van der Waals surface area contributed by atoms with E-state index < -0.39 is 27.9 Å². The minimum absolute atomic E-state index is 0.0327. The van der Waals surface area contributed by atoms with Crippen LogP contribution in [-0.4, -0.2) is 38.0 Å². The summed E-state index contributed by atoms with van der Waals surface area (Å²) in [6, 6.07) is 5.80. The van der Waals surface area contributed by atoms with Gasteiger partial charge in [0.1, 0.15) is 5.75 Å². The Bertz CT molecular complexity index is 701. The van der Waals surface area contributed by atoms with Crippen LogP contribution in [0.15, 0.2) is 30.3 Å². The molecule has 5 nitrogen and oxygen atoms in total. The fourth-order valence-corrected chi connectivity index (χ4v) is 4.47. The van der Waals surface area contributed by atoms with E-state index in [-0.39, 0.29) is 17.3 Å². The van der Waals surface area contributed by atoms with Gasteiger partial charge in [0.25, 0.3) is 0 Å². The summed E-state index contributed by atoms with van der Waals surface area (Å²) >= 11 is 0. The van der Waals surface area contributed by atoms with E-state index in [0.717, 1.165) is 0 Å². The summed E-state index contributed by atoms with van der Waals surface area (Å²) in [4.78, 5) is 11.9. The molecule has 0 bridgehead atoms. The van der Waals surface area contributed by atoms with Crippen LogP contribution in [0.1, 0.15) is 18.9 Å². The highest BCUT2D eigenvalue weighted by Crippen LogP contribution is 2.22. The highest BCUT2D eigenvalue weighted by molar-refractivity contribution is 7.91. The largest absolute Gasteiger partial charge is 0.435 e. The van der Waals surface area contributed by atoms with E-state index in [0.29, 0.717) is 12.0 Å². The molecular formula is C15H17F2NO4S. The van der Waals surface area contributed by atoms with Crippen molar-refractivity contribution in [2.24, 2.45) is 0 Å². The Balaban J connectivity index is 1.93. The maximum Gasteiger partial charge on any atom is 0.387 e. The number of halogens is 2. The smallest absolute Gasteiger partial charge is 0.387 e. The number of carbonyl (C=O) groups excluding carboxylic acids is 1. The number of hydrogen-bond acceptors (Lipinski definition) is 4. The molecule has 0 spiro atoms. The maximum atomic E-state index is 12.0. The van der Waals surface area contributed by atoms with Crippen LogP contribution in [0, 0.1) is 0 Å². The average molecular weight is 345 g/mol. The molecule has 0 radical (unpaired) electrons. The summed E-state index contributed by atoms with van der Waals surface area (Å²) in [5.74, 6) is -0.374. The van der Waals surface area contributed by atoms with E-state index >= 15 is 0 Å². The van der Waals surface area contributed by atoms with Crippen molar-refractivity contribution in [3.8, 4) is 5.75 Å². The first-order chi connectivity index (χ1) is 10.7. The second-order valence-electron chi connectivity index (χ2n) is 5.67. The van der Waals surface area contributed by atoms with Gasteiger partial charge in [-0.05, 0) is 37.1 Å². The lowest BCUT2D eigenvalue weighted by atomic mass is 10.0. The van der Waals surface area contributed by atoms with Crippen LogP contribution in [0.25, 0.3) is 6.08 Å². The van der Waals surface area contributed by atoms with Crippen LogP contribution >= 0.6 is 0 Å². The van der Waals surface area contributed by atoms with Gasteiger partial charge in [-0.2, -0.15) is 8.78 Å². The molecule has 23 heavy (non-hydrogen) atoms. The molecule has 2 rings (SSSR count). The number of nitrogens with one attached hydrogen (secondary N) is 1. The number of ether oxygens (including phenoxy) is 1. The van der Waals surface area contributed by atoms with Crippen molar-refractivity contribution in [3.63, 3.8) is 0 Å². The van der Waals surface area contributed by atoms with Crippen LogP contribution in [0.4, 0.5) is 8.78 Å². The van der Waals surface area contributed by atoms with E-state index in [1.54, 1.807) is 6.92 Å². The quantitative estimate of drug-likeness (QED) is 0.829. The van der Waals surface area contributed by atoms with Gasteiger partial charge in [0, 0.05) is 6.08 Å². The van der Waals surface area contributed by atoms with Gasteiger partial charge in [-0.3, -0.25) is 4.79 Å². The lowest BCUT2D eigenvalue weighted by molar-refractivity contribution is -0.117. The van der Waals surface area contributed by atoms with Crippen molar-refractivity contribution in [3.05, 3.63) is 35.9 Å². The van der Waals surface area contributed by atoms with Gasteiger partial charge in [0.2, 0.25) is 5.91 Å². The van der Waals surface area contributed by atoms with Crippen LogP contribution in [0.5, 0.6) is 5.75 Å². The van der Waals surface area contributed by atoms with Gasteiger partial charge in [-0.15, -0.1) is 0 Å².